The molecule has 2 heteroatoms. The van der Waals surface area contributed by atoms with Gasteiger partial charge in [0.15, 0.2) is 0 Å². The molecule has 0 aliphatic heterocycles. The van der Waals surface area contributed by atoms with E-state index < -0.39 is 0 Å². The Kier molecular flexibility index (Phi) is 4.87. The van der Waals surface area contributed by atoms with Gasteiger partial charge in [-0.15, -0.1) is 0 Å². The van der Waals surface area contributed by atoms with Gasteiger partial charge in [-0.1, -0.05) is 39.0 Å². The van der Waals surface area contributed by atoms with E-state index in [4.69, 9.17) is 4.74 Å². The van der Waals surface area contributed by atoms with Gasteiger partial charge in [0, 0.05) is 6.42 Å². The van der Waals surface area contributed by atoms with Crippen molar-refractivity contribution >= 4 is 5.97 Å². The Morgan fingerprint density at radius 1 is 1.31 bits per heavy atom. The first-order valence-electron chi connectivity index (χ1n) is 5.48. The van der Waals surface area contributed by atoms with Crippen LogP contribution in [0.2, 0.25) is 0 Å². The summed E-state index contributed by atoms with van der Waals surface area (Å²) >= 11 is 0. The van der Waals surface area contributed by atoms with Gasteiger partial charge >= 0.3 is 5.97 Å². The Morgan fingerprint density at radius 3 is 2.62 bits per heavy atom. The van der Waals surface area contributed by atoms with Crippen molar-refractivity contribution in [1.82, 2.24) is 0 Å². The number of carbonyl (C=O) groups excluding carboxylic acids is 1. The Hall–Kier alpha value is -0.530. The number of hydrogen-bond donors (Lipinski definition) is 0. The van der Waals surface area contributed by atoms with E-state index in [0.717, 1.165) is 12.3 Å². The van der Waals surface area contributed by atoms with Gasteiger partial charge in [-0.2, -0.15) is 0 Å². The first-order chi connectivity index (χ1) is 6.33. The standard InChI is InChI=1S/C11H20O2/c1-2-11(12)13-9-8-10-6-4-3-5-7-10/h10H,2-9H2,1H3. The molecule has 0 radical (unpaired) electrons. The molecular formula is C11H20O2. The van der Waals surface area contributed by atoms with Gasteiger partial charge in [-0.25, -0.2) is 0 Å². The number of hydrogen-bond acceptors (Lipinski definition) is 2. The Balaban J connectivity index is 2.01. The van der Waals surface area contributed by atoms with Crippen LogP contribution in [0.1, 0.15) is 51.9 Å². The molecule has 0 saturated heterocycles. The van der Waals surface area contributed by atoms with E-state index in [2.05, 4.69) is 0 Å². The maximum atomic E-state index is 10.8. The van der Waals surface area contributed by atoms with Crippen LogP contribution in [0.5, 0.6) is 0 Å². The van der Waals surface area contributed by atoms with Crippen molar-refractivity contribution in [3.8, 4) is 0 Å². The maximum absolute atomic E-state index is 10.8. The first kappa shape index (κ1) is 10.6. The maximum Gasteiger partial charge on any atom is 0.305 e. The topological polar surface area (TPSA) is 26.3 Å². The van der Waals surface area contributed by atoms with E-state index in [1.807, 2.05) is 6.92 Å². The van der Waals surface area contributed by atoms with Crippen molar-refractivity contribution in [3.05, 3.63) is 0 Å². The van der Waals surface area contributed by atoms with Gasteiger partial charge in [-0.3, -0.25) is 4.79 Å². The van der Waals surface area contributed by atoms with E-state index in [0.29, 0.717) is 13.0 Å². The highest BCUT2D eigenvalue weighted by atomic mass is 16.5. The smallest absolute Gasteiger partial charge is 0.305 e. The SMILES string of the molecule is CCC(=O)OCCC1CCCCC1. The quantitative estimate of drug-likeness (QED) is 0.628. The Labute approximate surface area is 80.7 Å². The van der Waals surface area contributed by atoms with E-state index in [1.165, 1.54) is 32.1 Å². The average molecular weight is 184 g/mol. The number of carbonyl (C=O) groups is 1. The molecular weight excluding hydrogens is 164 g/mol. The molecule has 0 N–H and O–H groups in total. The lowest BCUT2D eigenvalue weighted by Gasteiger charge is -2.20. The molecule has 0 amide bonds. The molecule has 1 fully saturated rings. The molecule has 76 valence electrons. The van der Waals surface area contributed by atoms with E-state index >= 15 is 0 Å². The van der Waals surface area contributed by atoms with Gasteiger partial charge in [0.25, 0.3) is 0 Å². The summed E-state index contributed by atoms with van der Waals surface area (Å²) in [4.78, 5) is 10.8. The van der Waals surface area contributed by atoms with Gasteiger partial charge in [0.1, 0.15) is 0 Å². The summed E-state index contributed by atoms with van der Waals surface area (Å²) < 4.78 is 5.05. The van der Waals surface area contributed by atoms with Crippen molar-refractivity contribution in [2.75, 3.05) is 6.61 Å². The summed E-state index contributed by atoms with van der Waals surface area (Å²) in [5.74, 6) is 0.759. The average Bonchev–Trinajstić information content (AvgIpc) is 2.19. The van der Waals surface area contributed by atoms with Crippen LogP contribution >= 0.6 is 0 Å². The summed E-state index contributed by atoms with van der Waals surface area (Å²) in [5, 5.41) is 0. The number of ether oxygens (including phenoxy) is 1. The molecule has 1 aliphatic rings. The fourth-order valence-corrected chi connectivity index (χ4v) is 1.92. The highest BCUT2D eigenvalue weighted by Crippen LogP contribution is 2.25. The largest absolute Gasteiger partial charge is 0.466 e. The zero-order chi connectivity index (χ0) is 9.52. The molecule has 0 bridgehead atoms. The highest BCUT2D eigenvalue weighted by molar-refractivity contribution is 5.68. The van der Waals surface area contributed by atoms with Crippen LogP contribution in [0.25, 0.3) is 0 Å². The normalized spacial score (nSPS) is 18.5. The van der Waals surface area contributed by atoms with Crippen LogP contribution in [0, 0.1) is 5.92 Å². The minimum Gasteiger partial charge on any atom is -0.466 e. The Morgan fingerprint density at radius 2 is 2.00 bits per heavy atom. The minimum absolute atomic E-state index is 0.0594. The highest BCUT2D eigenvalue weighted by Gasteiger charge is 2.13. The summed E-state index contributed by atoms with van der Waals surface area (Å²) in [6.45, 7) is 2.47. The van der Waals surface area contributed by atoms with Crippen molar-refractivity contribution in [2.24, 2.45) is 5.92 Å². The van der Waals surface area contributed by atoms with Gasteiger partial charge in [0.2, 0.25) is 0 Å². The predicted octanol–water partition coefficient (Wildman–Crippen LogP) is 2.91. The van der Waals surface area contributed by atoms with E-state index in [-0.39, 0.29) is 5.97 Å². The van der Waals surface area contributed by atoms with Gasteiger partial charge in [0.05, 0.1) is 6.61 Å². The molecule has 0 spiro atoms. The van der Waals surface area contributed by atoms with Crippen molar-refractivity contribution in [3.63, 3.8) is 0 Å². The third-order valence-corrected chi connectivity index (χ3v) is 2.80. The first-order valence-corrected chi connectivity index (χ1v) is 5.48. The second-order valence-corrected chi connectivity index (χ2v) is 3.87. The lowest BCUT2D eigenvalue weighted by atomic mass is 9.87. The van der Waals surface area contributed by atoms with Crippen LogP contribution < -0.4 is 0 Å². The molecule has 1 rings (SSSR count). The van der Waals surface area contributed by atoms with Gasteiger partial charge < -0.3 is 4.74 Å². The fourth-order valence-electron chi connectivity index (χ4n) is 1.92. The van der Waals surface area contributed by atoms with Crippen LogP contribution in [0.15, 0.2) is 0 Å². The Bertz CT molecular complexity index is 148. The van der Waals surface area contributed by atoms with Crippen LogP contribution in [-0.2, 0) is 9.53 Å². The van der Waals surface area contributed by atoms with Crippen LogP contribution in [0.4, 0.5) is 0 Å². The van der Waals surface area contributed by atoms with Crippen LogP contribution in [0.3, 0.4) is 0 Å². The zero-order valence-electron chi connectivity index (χ0n) is 8.55. The lowest BCUT2D eigenvalue weighted by molar-refractivity contribution is -0.143. The third kappa shape index (κ3) is 4.30. The molecule has 0 aromatic carbocycles. The summed E-state index contributed by atoms with van der Waals surface area (Å²) in [7, 11) is 0. The molecule has 0 unspecified atom stereocenters. The predicted molar refractivity (Wildman–Crippen MR) is 52.4 cm³/mol. The van der Waals surface area contributed by atoms with E-state index in [9.17, 15) is 4.79 Å². The second-order valence-electron chi connectivity index (χ2n) is 3.87. The summed E-state index contributed by atoms with van der Waals surface area (Å²) in [5.41, 5.74) is 0. The second kappa shape index (κ2) is 6.01. The van der Waals surface area contributed by atoms with Crippen molar-refractivity contribution in [2.45, 2.75) is 51.9 Å². The minimum atomic E-state index is -0.0594. The van der Waals surface area contributed by atoms with Crippen molar-refractivity contribution < 1.29 is 9.53 Å². The molecule has 1 saturated carbocycles. The van der Waals surface area contributed by atoms with E-state index in [1.54, 1.807) is 0 Å². The molecule has 1 aliphatic carbocycles. The van der Waals surface area contributed by atoms with Crippen molar-refractivity contribution in [1.29, 1.82) is 0 Å². The lowest BCUT2D eigenvalue weighted by Crippen LogP contribution is -2.11. The summed E-state index contributed by atoms with van der Waals surface area (Å²) in [6, 6.07) is 0. The molecule has 0 aromatic rings. The third-order valence-electron chi connectivity index (χ3n) is 2.80. The summed E-state index contributed by atoms with van der Waals surface area (Å²) in [6.07, 6.45) is 8.38. The van der Waals surface area contributed by atoms with Gasteiger partial charge in [-0.05, 0) is 12.3 Å². The molecule has 0 aromatic heterocycles. The van der Waals surface area contributed by atoms with Crippen LogP contribution in [-0.4, -0.2) is 12.6 Å². The number of rotatable bonds is 4. The molecule has 0 atom stereocenters. The molecule has 0 heterocycles. The molecule has 2 nitrogen and oxygen atoms in total. The zero-order valence-corrected chi connectivity index (χ0v) is 8.55. The number of esters is 1. The molecule has 13 heavy (non-hydrogen) atoms. The fraction of sp³-hybridized carbons (Fsp3) is 0.909. The monoisotopic (exact) mass is 184 g/mol.